The third kappa shape index (κ3) is 3.94. The van der Waals surface area contributed by atoms with Crippen molar-refractivity contribution in [3.63, 3.8) is 0 Å². The Bertz CT molecular complexity index is 366. The van der Waals surface area contributed by atoms with Crippen LogP contribution in [0.25, 0.3) is 0 Å². The highest BCUT2D eigenvalue weighted by Crippen LogP contribution is 2.11. The highest BCUT2D eigenvalue weighted by atomic mass is 79.9. The summed E-state index contributed by atoms with van der Waals surface area (Å²) in [7, 11) is 0. The molecule has 1 aromatic rings. The minimum Gasteiger partial charge on any atom is -0.351 e. The minimum absolute atomic E-state index is 0.102. The van der Waals surface area contributed by atoms with E-state index in [9.17, 15) is 4.79 Å². The second-order valence-corrected chi connectivity index (χ2v) is 5.03. The lowest BCUT2D eigenvalue weighted by molar-refractivity contribution is -0.123. The fourth-order valence-corrected chi connectivity index (χ4v) is 1.70. The summed E-state index contributed by atoms with van der Waals surface area (Å²) >= 11 is 3.38. The molecule has 0 fully saturated rings. The quantitative estimate of drug-likeness (QED) is 0.889. The predicted molar refractivity (Wildman–Crippen MR) is 68.8 cm³/mol. The molecule has 16 heavy (non-hydrogen) atoms. The van der Waals surface area contributed by atoms with Gasteiger partial charge in [0.15, 0.2) is 0 Å². The van der Waals surface area contributed by atoms with Crippen LogP contribution >= 0.6 is 15.9 Å². The number of nitrogens with two attached hydrogens (primary N) is 1. The first-order chi connectivity index (χ1) is 7.50. The van der Waals surface area contributed by atoms with Crippen LogP contribution in [-0.2, 0) is 11.3 Å². The zero-order valence-electron chi connectivity index (χ0n) is 9.53. The minimum atomic E-state index is -0.438. The van der Waals surface area contributed by atoms with E-state index in [1.807, 2.05) is 38.1 Å². The molecule has 0 aromatic heterocycles. The van der Waals surface area contributed by atoms with Crippen molar-refractivity contribution in [2.24, 2.45) is 11.7 Å². The number of carbonyl (C=O) groups is 1. The molecule has 0 radical (unpaired) electrons. The Morgan fingerprint density at radius 2 is 2.19 bits per heavy atom. The standard InChI is InChI=1S/C12H17BrN2O/c1-8(2)11(14)12(16)15-7-9-4-3-5-10(13)6-9/h3-6,8,11H,7,14H2,1-2H3,(H,15,16). The second-order valence-electron chi connectivity index (χ2n) is 4.12. The van der Waals surface area contributed by atoms with Gasteiger partial charge in [0.05, 0.1) is 6.04 Å². The van der Waals surface area contributed by atoms with Gasteiger partial charge in [-0.1, -0.05) is 41.9 Å². The normalized spacial score (nSPS) is 12.6. The van der Waals surface area contributed by atoms with Crippen LogP contribution in [0.1, 0.15) is 19.4 Å². The third-order valence-electron chi connectivity index (χ3n) is 2.38. The molecule has 0 heterocycles. The van der Waals surface area contributed by atoms with Gasteiger partial charge >= 0.3 is 0 Å². The predicted octanol–water partition coefficient (Wildman–Crippen LogP) is 2.05. The van der Waals surface area contributed by atoms with Crippen molar-refractivity contribution in [1.82, 2.24) is 5.32 Å². The molecule has 3 N–H and O–H groups in total. The average molecular weight is 285 g/mol. The number of amides is 1. The first kappa shape index (κ1) is 13.2. The number of halogens is 1. The summed E-state index contributed by atoms with van der Waals surface area (Å²) in [5, 5.41) is 2.82. The van der Waals surface area contributed by atoms with Crippen molar-refractivity contribution in [3.05, 3.63) is 34.3 Å². The first-order valence-electron chi connectivity index (χ1n) is 5.28. The van der Waals surface area contributed by atoms with E-state index in [0.29, 0.717) is 6.54 Å². The van der Waals surface area contributed by atoms with Crippen LogP contribution in [0.5, 0.6) is 0 Å². The Morgan fingerprint density at radius 1 is 1.50 bits per heavy atom. The van der Waals surface area contributed by atoms with Gasteiger partial charge in [0.1, 0.15) is 0 Å². The Hall–Kier alpha value is -0.870. The Balaban J connectivity index is 2.49. The van der Waals surface area contributed by atoms with Crippen molar-refractivity contribution in [2.75, 3.05) is 0 Å². The van der Waals surface area contributed by atoms with Crippen LogP contribution in [0.3, 0.4) is 0 Å². The fraction of sp³-hybridized carbons (Fsp3) is 0.417. The SMILES string of the molecule is CC(C)C(N)C(=O)NCc1cccc(Br)c1. The van der Waals surface area contributed by atoms with Crippen LogP contribution in [0.2, 0.25) is 0 Å². The Morgan fingerprint density at radius 3 is 2.75 bits per heavy atom. The van der Waals surface area contributed by atoms with Gasteiger partial charge < -0.3 is 11.1 Å². The number of hydrogen-bond acceptors (Lipinski definition) is 2. The Kier molecular flexibility index (Phi) is 4.96. The number of nitrogens with one attached hydrogen (secondary N) is 1. The summed E-state index contributed by atoms with van der Waals surface area (Å²) in [5.41, 5.74) is 6.79. The summed E-state index contributed by atoms with van der Waals surface area (Å²) in [4.78, 5) is 11.6. The maximum absolute atomic E-state index is 11.6. The van der Waals surface area contributed by atoms with Gasteiger partial charge in [-0.15, -0.1) is 0 Å². The zero-order chi connectivity index (χ0) is 12.1. The summed E-state index contributed by atoms with van der Waals surface area (Å²) < 4.78 is 1.01. The lowest BCUT2D eigenvalue weighted by atomic mass is 10.0. The number of hydrogen-bond donors (Lipinski definition) is 2. The van der Waals surface area contributed by atoms with Crippen LogP contribution in [0.15, 0.2) is 28.7 Å². The van der Waals surface area contributed by atoms with Gasteiger partial charge in [0, 0.05) is 11.0 Å². The fourth-order valence-electron chi connectivity index (χ4n) is 1.26. The molecule has 1 amide bonds. The monoisotopic (exact) mass is 284 g/mol. The van der Waals surface area contributed by atoms with Crippen molar-refractivity contribution >= 4 is 21.8 Å². The summed E-state index contributed by atoms with van der Waals surface area (Å²) in [6.45, 7) is 4.38. The van der Waals surface area contributed by atoms with E-state index in [-0.39, 0.29) is 11.8 Å². The molecule has 88 valence electrons. The molecule has 1 atom stereocenters. The van der Waals surface area contributed by atoms with Gasteiger partial charge in [-0.3, -0.25) is 4.79 Å². The summed E-state index contributed by atoms with van der Waals surface area (Å²) in [6, 6.07) is 7.39. The molecule has 4 heteroatoms. The van der Waals surface area contributed by atoms with Crippen molar-refractivity contribution in [1.29, 1.82) is 0 Å². The van der Waals surface area contributed by atoms with Crippen molar-refractivity contribution in [2.45, 2.75) is 26.4 Å². The largest absolute Gasteiger partial charge is 0.351 e. The highest BCUT2D eigenvalue weighted by Gasteiger charge is 2.16. The number of benzene rings is 1. The maximum Gasteiger partial charge on any atom is 0.237 e. The smallest absolute Gasteiger partial charge is 0.237 e. The maximum atomic E-state index is 11.6. The molecule has 0 saturated heterocycles. The van der Waals surface area contributed by atoms with Crippen molar-refractivity contribution < 1.29 is 4.79 Å². The zero-order valence-corrected chi connectivity index (χ0v) is 11.1. The number of carbonyl (C=O) groups excluding carboxylic acids is 1. The van der Waals surface area contributed by atoms with E-state index in [2.05, 4.69) is 21.2 Å². The molecule has 3 nitrogen and oxygen atoms in total. The van der Waals surface area contributed by atoms with E-state index >= 15 is 0 Å². The van der Waals surface area contributed by atoms with E-state index in [1.165, 1.54) is 0 Å². The van der Waals surface area contributed by atoms with Gasteiger partial charge in [0.2, 0.25) is 5.91 Å². The Labute approximate surface area is 105 Å². The van der Waals surface area contributed by atoms with Crippen LogP contribution < -0.4 is 11.1 Å². The van der Waals surface area contributed by atoms with Crippen molar-refractivity contribution in [3.8, 4) is 0 Å². The molecule has 1 aromatic carbocycles. The molecule has 0 aliphatic heterocycles. The molecule has 0 aliphatic carbocycles. The lowest BCUT2D eigenvalue weighted by Gasteiger charge is -2.15. The summed E-state index contributed by atoms with van der Waals surface area (Å²) in [5.74, 6) is 0.0532. The van der Waals surface area contributed by atoms with Gasteiger partial charge in [-0.05, 0) is 23.6 Å². The molecular weight excluding hydrogens is 268 g/mol. The van der Waals surface area contributed by atoms with E-state index in [1.54, 1.807) is 0 Å². The molecule has 0 saturated carbocycles. The molecule has 0 bridgehead atoms. The second kappa shape index (κ2) is 6.01. The molecule has 1 unspecified atom stereocenters. The topological polar surface area (TPSA) is 55.1 Å². The van der Waals surface area contributed by atoms with E-state index in [4.69, 9.17) is 5.73 Å². The van der Waals surface area contributed by atoms with Crippen LogP contribution in [0, 0.1) is 5.92 Å². The molecule has 0 aliphatic rings. The lowest BCUT2D eigenvalue weighted by Crippen LogP contribution is -2.43. The van der Waals surface area contributed by atoms with E-state index < -0.39 is 6.04 Å². The third-order valence-corrected chi connectivity index (χ3v) is 2.87. The van der Waals surface area contributed by atoms with Gasteiger partial charge in [0.25, 0.3) is 0 Å². The highest BCUT2D eigenvalue weighted by molar-refractivity contribution is 9.10. The van der Waals surface area contributed by atoms with Crippen LogP contribution in [-0.4, -0.2) is 11.9 Å². The van der Waals surface area contributed by atoms with Gasteiger partial charge in [-0.25, -0.2) is 0 Å². The number of rotatable bonds is 4. The summed E-state index contributed by atoms with van der Waals surface area (Å²) in [6.07, 6.45) is 0. The first-order valence-corrected chi connectivity index (χ1v) is 6.07. The molecule has 0 spiro atoms. The molecular formula is C12H17BrN2O. The van der Waals surface area contributed by atoms with Gasteiger partial charge in [-0.2, -0.15) is 0 Å². The van der Waals surface area contributed by atoms with Crippen LogP contribution in [0.4, 0.5) is 0 Å². The average Bonchev–Trinajstić information content (AvgIpc) is 2.24. The molecule has 1 rings (SSSR count). The van der Waals surface area contributed by atoms with E-state index in [0.717, 1.165) is 10.0 Å².